The number of ether oxygens (including phenoxy) is 3. The van der Waals surface area contributed by atoms with E-state index < -0.39 is 5.91 Å². The molecule has 4 aromatic rings. The SMILES string of the molecule is COc1cccc(OC)c1OCn1ccc(C(=O)Nc2nn(Cc3ccc(Cl)cc3Cl)cc2Cl)n1. The van der Waals surface area contributed by atoms with Gasteiger partial charge in [0.05, 0.1) is 20.8 Å². The molecule has 0 spiro atoms. The molecule has 0 bridgehead atoms. The van der Waals surface area contributed by atoms with E-state index in [4.69, 9.17) is 49.0 Å². The molecule has 2 aromatic carbocycles. The minimum Gasteiger partial charge on any atom is -0.493 e. The molecule has 12 heteroatoms. The van der Waals surface area contributed by atoms with Gasteiger partial charge in [0.15, 0.2) is 29.7 Å². The molecule has 0 radical (unpaired) electrons. The lowest BCUT2D eigenvalue weighted by atomic mass is 10.2. The fourth-order valence-corrected chi connectivity index (χ4v) is 3.87. The molecule has 0 aliphatic rings. The minimum absolute atomic E-state index is 0.0290. The monoisotopic (exact) mass is 535 g/mol. The predicted molar refractivity (Wildman–Crippen MR) is 133 cm³/mol. The highest BCUT2D eigenvalue weighted by atomic mass is 35.5. The van der Waals surface area contributed by atoms with Crippen LogP contribution in [-0.4, -0.2) is 39.7 Å². The third-order valence-electron chi connectivity index (χ3n) is 4.89. The number of hydrogen-bond acceptors (Lipinski definition) is 6. The summed E-state index contributed by atoms with van der Waals surface area (Å²) in [5.74, 6) is 1.18. The average Bonchev–Trinajstić information content (AvgIpc) is 3.45. The van der Waals surface area contributed by atoms with Crippen molar-refractivity contribution in [1.29, 1.82) is 0 Å². The average molecular weight is 537 g/mol. The fraction of sp³-hybridized carbons (Fsp3) is 0.174. The Bertz CT molecular complexity index is 1330. The second-order valence-corrected chi connectivity index (χ2v) is 8.47. The van der Waals surface area contributed by atoms with E-state index >= 15 is 0 Å². The second-order valence-electron chi connectivity index (χ2n) is 7.22. The molecule has 4 rings (SSSR count). The van der Waals surface area contributed by atoms with Crippen LogP contribution in [0.3, 0.4) is 0 Å². The van der Waals surface area contributed by atoms with Gasteiger partial charge in [-0.15, -0.1) is 0 Å². The number of nitrogens with one attached hydrogen (secondary N) is 1. The molecule has 2 aromatic heterocycles. The van der Waals surface area contributed by atoms with Gasteiger partial charge in [-0.3, -0.25) is 9.48 Å². The van der Waals surface area contributed by atoms with Gasteiger partial charge >= 0.3 is 0 Å². The van der Waals surface area contributed by atoms with Crippen molar-refractivity contribution in [3.63, 3.8) is 0 Å². The highest BCUT2D eigenvalue weighted by Crippen LogP contribution is 2.36. The number of carbonyl (C=O) groups is 1. The van der Waals surface area contributed by atoms with E-state index in [0.717, 1.165) is 5.56 Å². The normalized spacial score (nSPS) is 10.8. The Morgan fingerprint density at radius 3 is 2.40 bits per heavy atom. The van der Waals surface area contributed by atoms with Gasteiger partial charge in [-0.2, -0.15) is 10.2 Å². The summed E-state index contributed by atoms with van der Waals surface area (Å²) in [6.07, 6.45) is 3.20. The van der Waals surface area contributed by atoms with E-state index in [1.807, 2.05) is 0 Å². The van der Waals surface area contributed by atoms with Crippen molar-refractivity contribution in [3.05, 3.63) is 81.2 Å². The molecular formula is C23H20Cl3N5O4. The number of nitrogens with zero attached hydrogens (tertiary/aromatic N) is 4. The van der Waals surface area contributed by atoms with Crippen molar-refractivity contribution in [3.8, 4) is 17.2 Å². The number of hydrogen-bond donors (Lipinski definition) is 1. The molecule has 0 saturated heterocycles. The first-order chi connectivity index (χ1) is 16.9. The Balaban J connectivity index is 1.41. The lowest BCUT2D eigenvalue weighted by molar-refractivity contribution is 0.101. The molecule has 0 unspecified atom stereocenters. The molecule has 0 saturated carbocycles. The van der Waals surface area contributed by atoms with Crippen LogP contribution >= 0.6 is 34.8 Å². The Labute approximate surface area is 216 Å². The Hall–Kier alpha value is -3.40. The van der Waals surface area contributed by atoms with Crippen molar-refractivity contribution < 1.29 is 19.0 Å². The van der Waals surface area contributed by atoms with Crippen LogP contribution in [0.5, 0.6) is 17.2 Å². The summed E-state index contributed by atoms with van der Waals surface area (Å²) in [6.45, 7) is 0.380. The quantitative estimate of drug-likeness (QED) is 0.308. The van der Waals surface area contributed by atoms with Gasteiger partial charge in [-0.05, 0) is 35.9 Å². The van der Waals surface area contributed by atoms with Gasteiger partial charge in [0.1, 0.15) is 5.02 Å². The number of halogens is 3. The molecule has 182 valence electrons. The molecule has 2 heterocycles. The zero-order valence-corrected chi connectivity index (χ0v) is 20.9. The summed E-state index contributed by atoms with van der Waals surface area (Å²) in [7, 11) is 3.07. The largest absolute Gasteiger partial charge is 0.493 e. The van der Waals surface area contributed by atoms with Crippen molar-refractivity contribution in [2.24, 2.45) is 0 Å². The highest BCUT2D eigenvalue weighted by molar-refractivity contribution is 6.35. The van der Waals surface area contributed by atoms with Crippen LogP contribution in [0.15, 0.2) is 54.9 Å². The summed E-state index contributed by atoms with van der Waals surface area (Å²) in [4.78, 5) is 12.7. The number of benzene rings is 2. The van der Waals surface area contributed by atoms with Gasteiger partial charge in [-0.25, -0.2) is 4.68 Å². The number of anilines is 1. The first-order valence-electron chi connectivity index (χ1n) is 10.2. The molecule has 0 atom stereocenters. The van der Waals surface area contributed by atoms with Crippen LogP contribution in [-0.2, 0) is 13.3 Å². The maximum Gasteiger partial charge on any atom is 0.277 e. The number of para-hydroxylation sites is 1. The summed E-state index contributed by atoms with van der Waals surface area (Å²) in [6, 6.07) is 12.0. The van der Waals surface area contributed by atoms with Gasteiger partial charge in [0.25, 0.3) is 5.91 Å². The second kappa shape index (κ2) is 10.9. The first kappa shape index (κ1) is 24.7. The maximum absolute atomic E-state index is 12.7. The molecule has 9 nitrogen and oxygen atoms in total. The van der Waals surface area contributed by atoms with Crippen LogP contribution < -0.4 is 19.5 Å². The van der Waals surface area contributed by atoms with Crippen molar-refractivity contribution in [1.82, 2.24) is 19.6 Å². The van der Waals surface area contributed by atoms with Gasteiger partial charge < -0.3 is 19.5 Å². The summed E-state index contributed by atoms with van der Waals surface area (Å²) in [5.41, 5.74) is 0.963. The number of methoxy groups -OCH3 is 2. The smallest absolute Gasteiger partial charge is 0.277 e. The van der Waals surface area contributed by atoms with E-state index in [9.17, 15) is 4.79 Å². The molecule has 0 aliphatic carbocycles. The van der Waals surface area contributed by atoms with Crippen LogP contribution in [0, 0.1) is 0 Å². The topological polar surface area (TPSA) is 92.4 Å². The molecule has 0 fully saturated rings. The van der Waals surface area contributed by atoms with Crippen molar-refractivity contribution >= 4 is 46.5 Å². The first-order valence-corrected chi connectivity index (χ1v) is 11.4. The van der Waals surface area contributed by atoms with E-state index in [1.54, 1.807) is 59.5 Å². The molecule has 1 amide bonds. The standard InChI is InChI=1S/C23H20Cl3N5O4/c1-33-19-4-3-5-20(34-2)21(19)35-13-30-9-8-18(28-30)23(32)27-22-17(26)12-31(29-22)11-14-6-7-15(24)10-16(14)25/h3-10,12H,11,13H2,1-2H3,(H,27,29,32). The maximum atomic E-state index is 12.7. The summed E-state index contributed by atoms with van der Waals surface area (Å²) in [5, 5.41) is 12.6. The van der Waals surface area contributed by atoms with E-state index in [1.165, 1.54) is 18.9 Å². The van der Waals surface area contributed by atoms with Crippen LogP contribution in [0.1, 0.15) is 16.1 Å². The van der Waals surface area contributed by atoms with Crippen molar-refractivity contribution in [2.45, 2.75) is 13.3 Å². The van der Waals surface area contributed by atoms with Crippen molar-refractivity contribution in [2.75, 3.05) is 19.5 Å². The third-order valence-corrected chi connectivity index (χ3v) is 5.76. The fourth-order valence-electron chi connectivity index (χ4n) is 3.20. The van der Waals surface area contributed by atoms with Crippen LogP contribution in [0.2, 0.25) is 15.1 Å². The number of rotatable bonds is 9. The lowest BCUT2D eigenvalue weighted by Crippen LogP contribution is -2.15. The van der Waals surface area contributed by atoms with E-state index in [0.29, 0.717) is 33.8 Å². The Morgan fingerprint density at radius 1 is 0.971 bits per heavy atom. The molecular weight excluding hydrogens is 517 g/mol. The lowest BCUT2D eigenvalue weighted by Gasteiger charge is -2.13. The molecule has 1 N–H and O–H groups in total. The van der Waals surface area contributed by atoms with Gasteiger partial charge in [0.2, 0.25) is 5.75 Å². The van der Waals surface area contributed by atoms with Crippen LogP contribution in [0.4, 0.5) is 5.82 Å². The Kier molecular flexibility index (Phi) is 7.70. The summed E-state index contributed by atoms with van der Waals surface area (Å²) >= 11 is 18.4. The number of amides is 1. The van der Waals surface area contributed by atoms with E-state index in [-0.39, 0.29) is 23.3 Å². The third kappa shape index (κ3) is 5.82. The van der Waals surface area contributed by atoms with E-state index in [2.05, 4.69) is 15.5 Å². The summed E-state index contributed by atoms with van der Waals surface area (Å²) < 4.78 is 19.5. The number of aromatic nitrogens is 4. The van der Waals surface area contributed by atoms with Gasteiger partial charge in [0, 0.05) is 22.4 Å². The van der Waals surface area contributed by atoms with Gasteiger partial charge in [-0.1, -0.05) is 46.9 Å². The minimum atomic E-state index is -0.477. The number of carbonyl (C=O) groups excluding carboxylic acids is 1. The Morgan fingerprint density at radius 2 is 1.71 bits per heavy atom. The molecule has 35 heavy (non-hydrogen) atoms. The predicted octanol–water partition coefficient (Wildman–Crippen LogP) is 5.39. The van der Waals surface area contributed by atoms with Crippen LogP contribution in [0.25, 0.3) is 0 Å². The molecule has 0 aliphatic heterocycles. The zero-order chi connectivity index (χ0) is 24.9. The highest BCUT2D eigenvalue weighted by Gasteiger charge is 2.16. The zero-order valence-electron chi connectivity index (χ0n) is 18.7.